The number of carbonyl (C=O) groups excluding carboxylic acids is 1. The Bertz CT molecular complexity index is 737. The lowest BCUT2D eigenvalue weighted by Crippen LogP contribution is -2.45. The molecule has 15 nitrogen and oxygen atoms in total. The molecule has 1 saturated heterocycles. The van der Waals surface area contributed by atoms with Gasteiger partial charge in [-0.3, -0.25) is 9.36 Å². The van der Waals surface area contributed by atoms with E-state index in [1.807, 2.05) is 5.32 Å². The maximum Gasteiger partial charge on any atom is 0.333 e. The molecule has 150 valence electrons. The number of amides is 1. The summed E-state index contributed by atoms with van der Waals surface area (Å²) in [4.78, 5) is 26.7. The molecule has 0 bridgehead atoms. The van der Waals surface area contributed by atoms with Crippen molar-refractivity contribution in [3.8, 4) is 0 Å². The number of rotatable bonds is 7. The van der Waals surface area contributed by atoms with Gasteiger partial charge in [0.15, 0.2) is 23.2 Å². The summed E-state index contributed by atoms with van der Waals surface area (Å²) >= 11 is 0. The summed E-state index contributed by atoms with van der Waals surface area (Å²) in [5, 5.41) is 61.3. The molecule has 27 heavy (non-hydrogen) atoms. The summed E-state index contributed by atoms with van der Waals surface area (Å²) in [6.45, 7) is -1.45. The first-order chi connectivity index (χ1) is 12.7. The Hall–Kier alpha value is -3.01. The fourth-order valence-electron chi connectivity index (χ4n) is 2.46. The number of carbonyl (C=O) groups is 2. The largest absolute Gasteiger partial charge is 0.597 e. The molecule has 1 aliphatic heterocycles. The van der Waals surface area contributed by atoms with E-state index in [0.717, 1.165) is 10.9 Å². The first-order valence-electron chi connectivity index (χ1n) is 7.49. The van der Waals surface area contributed by atoms with Gasteiger partial charge in [0.1, 0.15) is 24.1 Å². The topological polar surface area (TPSA) is 239 Å². The van der Waals surface area contributed by atoms with Gasteiger partial charge in [0.05, 0.1) is 12.9 Å². The molecule has 2 rings (SSSR count). The highest BCUT2D eigenvalue weighted by molar-refractivity contribution is 5.98. The highest BCUT2D eigenvalue weighted by Crippen LogP contribution is 2.31. The monoisotopic (exact) mass is 390 g/mol. The third-order valence-corrected chi connectivity index (χ3v) is 3.88. The van der Waals surface area contributed by atoms with Crippen LogP contribution in [0.5, 0.6) is 0 Å². The molecule has 1 unspecified atom stereocenters. The first kappa shape index (κ1) is 20.3. The van der Waals surface area contributed by atoms with E-state index in [0.29, 0.717) is 0 Å². The molecule has 1 aromatic rings. The van der Waals surface area contributed by atoms with E-state index < -0.39 is 61.3 Å². The summed E-state index contributed by atoms with van der Waals surface area (Å²) in [6.07, 6.45) is -4.18. The number of aliphatic hydroxyl groups excluding tert-OH is 3. The van der Waals surface area contributed by atoms with Gasteiger partial charge in [-0.2, -0.15) is 0 Å². The number of hydroxylamine groups is 1. The number of nitrogens with one attached hydrogen (secondary N) is 1. The van der Waals surface area contributed by atoms with E-state index in [1.165, 1.54) is 0 Å². The quantitative estimate of drug-likeness (QED) is 0.137. The molecule has 0 saturated carbocycles. The smallest absolute Gasteiger partial charge is 0.333 e. The lowest BCUT2D eigenvalue weighted by Gasteiger charge is -2.17. The standard InChI is InChI=1S/C12H18N6O9/c13-9-6(10(22)15-4(12(23)24)1-18(26)16-25)14-3-17(9)11-8(21)7(20)5(2-19)27-11/h3-5,7-8,11,19-21,25H,1-2,13H2,(H,15,22)(H,23,24)/b18-16-/t4?,5-,7-,8-,11-/m1/s1. The minimum atomic E-state index is -1.73. The van der Waals surface area contributed by atoms with Gasteiger partial charge in [-0.25, -0.2) is 9.78 Å². The van der Waals surface area contributed by atoms with Crippen LogP contribution in [0.1, 0.15) is 16.7 Å². The van der Waals surface area contributed by atoms with Crippen LogP contribution in [-0.4, -0.2) is 89.4 Å². The molecule has 1 aliphatic rings. The second-order valence-corrected chi connectivity index (χ2v) is 5.60. The SMILES string of the molecule is Nc1c(C(=O)NC(C/[N+]([O-])=N/O)C(=O)O)ncn1[C@@H]1O[C@H](CO)[C@@H](O)[C@H]1O. The van der Waals surface area contributed by atoms with Gasteiger partial charge < -0.3 is 46.6 Å². The van der Waals surface area contributed by atoms with Crippen LogP contribution in [0.15, 0.2) is 11.6 Å². The average molecular weight is 390 g/mol. The number of carboxylic acids is 1. The normalized spacial score (nSPS) is 26.7. The van der Waals surface area contributed by atoms with E-state index in [9.17, 15) is 25.0 Å². The number of hydrogen-bond donors (Lipinski definition) is 7. The van der Waals surface area contributed by atoms with Crippen molar-refractivity contribution in [3.63, 3.8) is 0 Å². The number of nitrogens with zero attached hydrogens (tertiary/aromatic N) is 4. The van der Waals surface area contributed by atoms with Gasteiger partial charge in [-0.1, -0.05) is 4.86 Å². The lowest BCUT2D eigenvalue weighted by atomic mass is 10.1. The van der Waals surface area contributed by atoms with Crippen LogP contribution < -0.4 is 11.1 Å². The fourth-order valence-corrected chi connectivity index (χ4v) is 2.46. The third-order valence-electron chi connectivity index (χ3n) is 3.88. The molecule has 0 aliphatic carbocycles. The summed E-state index contributed by atoms with van der Waals surface area (Å²) in [5.41, 5.74) is 5.35. The molecular formula is C12H18N6O9. The number of ether oxygens (including phenoxy) is 1. The van der Waals surface area contributed by atoms with Gasteiger partial charge in [0.25, 0.3) is 5.91 Å². The Morgan fingerprint density at radius 1 is 1.48 bits per heavy atom. The fraction of sp³-hybridized carbons (Fsp3) is 0.583. The molecular weight excluding hydrogens is 372 g/mol. The van der Waals surface area contributed by atoms with Gasteiger partial charge >= 0.3 is 5.97 Å². The van der Waals surface area contributed by atoms with Gasteiger partial charge in [0, 0.05) is 0 Å². The lowest BCUT2D eigenvalue weighted by molar-refractivity contribution is -0.556. The third kappa shape index (κ3) is 4.05. The Morgan fingerprint density at radius 2 is 2.15 bits per heavy atom. The second kappa shape index (κ2) is 8.12. The zero-order valence-corrected chi connectivity index (χ0v) is 13.6. The highest BCUT2D eigenvalue weighted by Gasteiger charge is 2.44. The van der Waals surface area contributed by atoms with Gasteiger partial charge in [-0.15, -0.1) is 0 Å². The number of aliphatic carboxylic acids is 1. The van der Waals surface area contributed by atoms with E-state index in [4.69, 9.17) is 25.9 Å². The van der Waals surface area contributed by atoms with Crippen molar-refractivity contribution < 1.29 is 44.8 Å². The van der Waals surface area contributed by atoms with Crippen LogP contribution in [0.4, 0.5) is 5.82 Å². The average Bonchev–Trinajstić information content (AvgIpc) is 3.14. The summed E-state index contributed by atoms with van der Waals surface area (Å²) < 4.78 is 6.29. The maximum absolute atomic E-state index is 12.2. The number of anilines is 1. The van der Waals surface area contributed by atoms with Gasteiger partial charge in [-0.05, 0) is 0 Å². The van der Waals surface area contributed by atoms with Crippen molar-refractivity contribution in [2.24, 2.45) is 5.28 Å². The van der Waals surface area contributed by atoms with E-state index in [-0.39, 0.29) is 10.7 Å². The van der Waals surface area contributed by atoms with Crippen LogP contribution in [0.3, 0.4) is 0 Å². The zero-order valence-electron chi connectivity index (χ0n) is 13.6. The molecule has 15 heteroatoms. The molecule has 1 aromatic heterocycles. The number of aliphatic hydroxyl groups is 3. The van der Waals surface area contributed by atoms with Crippen molar-refractivity contribution in [2.45, 2.75) is 30.6 Å². The zero-order chi connectivity index (χ0) is 20.3. The predicted octanol–water partition coefficient (Wildman–Crippen LogP) is -3.39. The summed E-state index contributed by atoms with van der Waals surface area (Å²) in [5.74, 6) is -2.96. The van der Waals surface area contributed by atoms with E-state index >= 15 is 0 Å². The van der Waals surface area contributed by atoms with Crippen molar-refractivity contribution in [2.75, 3.05) is 18.9 Å². The Balaban J connectivity index is 2.18. The number of nitrogens with two attached hydrogens (primary N) is 1. The summed E-state index contributed by atoms with van der Waals surface area (Å²) in [6, 6.07) is -1.73. The molecule has 2 heterocycles. The molecule has 5 atom stereocenters. The maximum atomic E-state index is 12.2. The van der Waals surface area contributed by atoms with E-state index in [1.54, 1.807) is 0 Å². The molecule has 0 radical (unpaired) electrons. The van der Waals surface area contributed by atoms with Crippen LogP contribution in [-0.2, 0) is 9.53 Å². The van der Waals surface area contributed by atoms with Crippen molar-refractivity contribution in [3.05, 3.63) is 17.2 Å². The van der Waals surface area contributed by atoms with Crippen molar-refractivity contribution >= 4 is 17.7 Å². The van der Waals surface area contributed by atoms with Crippen LogP contribution >= 0.6 is 0 Å². The summed E-state index contributed by atoms with van der Waals surface area (Å²) in [7, 11) is 0. The molecule has 0 spiro atoms. The highest BCUT2D eigenvalue weighted by atomic mass is 16.6. The molecule has 0 aromatic carbocycles. The number of imidazole rings is 1. The van der Waals surface area contributed by atoms with Crippen molar-refractivity contribution in [1.82, 2.24) is 14.9 Å². The van der Waals surface area contributed by atoms with Crippen LogP contribution in [0.2, 0.25) is 0 Å². The molecule has 1 fully saturated rings. The molecule has 1 amide bonds. The number of hydrogen-bond acceptors (Lipinski definition) is 10. The Morgan fingerprint density at radius 3 is 2.67 bits per heavy atom. The predicted molar refractivity (Wildman–Crippen MR) is 81.2 cm³/mol. The van der Waals surface area contributed by atoms with Gasteiger partial charge in [0.2, 0.25) is 6.54 Å². The Kier molecular flexibility index (Phi) is 6.11. The van der Waals surface area contributed by atoms with Crippen molar-refractivity contribution in [1.29, 1.82) is 0 Å². The minimum Gasteiger partial charge on any atom is -0.597 e. The minimum absolute atomic E-state index is 0.322. The molecule has 8 N–H and O–H groups in total. The van der Waals surface area contributed by atoms with E-state index in [2.05, 4.69) is 10.3 Å². The second-order valence-electron chi connectivity index (χ2n) is 5.60. The number of aromatic nitrogens is 2. The Labute approximate surface area is 150 Å². The number of carboxylic acid groups (broad SMARTS) is 1. The van der Waals surface area contributed by atoms with Crippen LogP contribution in [0.25, 0.3) is 0 Å². The number of nitrogen functional groups attached to an aromatic ring is 1. The van der Waals surface area contributed by atoms with Crippen LogP contribution in [0, 0.1) is 5.21 Å². The first-order valence-corrected chi connectivity index (χ1v) is 7.49.